The zero-order valence-corrected chi connectivity index (χ0v) is 14.2. The highest BCUT2D eigenvalue weighted by Crippen LogP contribution is 2.51. The summed E-state index contributed by atoms with van der Waals surface area (Å²) in [4.78, 5) is 18.7. The first-order valence-electron chi connectivity index (χ1n) is 8.22. The summed E-state index contributed by atoms with van der Waals surface area (Å²) in [7, 11) is 0. The average Bonchev–Trinajstić information content (AvgIpc) is 2.91. The van der Waals surface area contributed by atoms with Gasteiger partial charge in [-0.3, -0.25) is 9.69 Å². The van der Waals surface area contributed by atoms with E-state index in [4.69, 9.17) is 0 Å². The van der Waals surface area contributed by atoms with Crippen LogP contribution in [0.3, 0.4) is 0 Å². The molecular weight excluding hydrogens is 280 g/mol. The van der Waals surface area contributed by atoms with E-state index in [1.807, 2.05) is 11.3 Å². The number of likely N-dealkylation sites (tertiary alicyclic amines) is 1. The van der Waals surface area contributed by atoms with Crippen LogP contribution in [0, 0.1) is 12.8 Å². The van der Waals surface area contributed by atoms with Gasteiger partial charge in [-0.2, -0.15) is 0 Å². The van der Waals surface area contributed by atoms with Crippen molar-refractivity contribution in [2.24, 2.45) is 5.92 Å². The minimum atomic E-state index is 0.262. The number of nitrogens with zero attached hydrogens (tertiary/aromatic N) is 2. The van der Waals surface area contributed by atoms with Crippen molar-refractivity contribution in [3.8, 4) is 0 Å². The van der Waals surface area contributed by atoms with Crippen molar-refractivity contribution in [3.63, 3.8) is 0 Å². The molecule has 0 radical (unpaired) electrons. The molecule has 1 aliphatic heterocycles. The molecule has 116 valence electrons. The maximum absolute atomic E-state index is 12.7. The summed E-state index contributed by atoms with van der Waals surface area (Å²) >= 11 is 1.82. The lowest BCUT2D eigenvalue weighted by Gasteiger charge is -2.26. The molecule has 4 heteroatoms. The quantitative estimate of drug-likeness (QED) is 0.834. The summed E-state index contributed by atoms with van der Waals surface area (Å²) in [5.41, 5.74) is 1.36. The van der Waals surface area contributed by atoms with Gasteiger partial charge >= 0.3 is 0 Å². The first-order chi connectivity index (χ1) is 10.2. The molecule has 1 aliphatic carbocycles. The number of carbonyl (C=O) groups is 1. The van der Waals surface area contributed by atoms with Crippen LogP contribution in [0.4, 0.5) is 0 Å². The molecule has 1 saturated heterocycles. The van der Waals surface area contributed by atoms with Crippen LogP contribution in [0.1, 0.15) is 43.0 Å². The third-order valence-corrected chi connectivity index (χ3v) is 6.30. The average molecular weight is 306 g/mol. The fourth-order valence-corrected chi connectivity index (χ4v) is 4.84. The number of hydrogen-bond donors (Lipinski definition) is 0. The highest BCUT2D eigenvalue weighted by molar-refractivity contribution is 7.10. The second kappa shape index (κ2) is 6.09. The summed E-state index contributed by atoms with van der Waals surface area (Å²) in [6.45, 7) is 10.7. The predicted molar refractivity (Wildman–Crippen MR) is 87.8 cm³/mol. The standard InChI is InChI=1S/C17H26N2OS/c1-4-18(5-2)13-6-8-19(11-13)17(20)15-10-14(15)16-12(3)7-9-21-16/h7,9,13-15H,4-6,8,10-11H2,1-3H3. The van der Waals surface area contributed by atoms with Gasteiger partial charge in [-0.25, -0.2) is 0 Å². The van der Waals surface area contributed by atoms with Crippen molar-refractivity contribution >= 4 is 17.2 Å². The van der Waals surface area contributed by atoms with Gasteiger partial charge < -0.3 is 4.90 Å². The van der Waals surface area contributed by atoms with Crippen LogP contribution >= 0.6 is 11.3 Å². The number of aryl methyl sites for hydroxylation is 1. The van der Waals surface area contributed by atoms with E-state index in [1.165, 1.54) is 10.4 Å². The molecule has 2 heterocycles. The molecule has 2 fully saturated rings. The van der Waals surface area contributed by atoms with Crippen LogP contribution in [0.15, 0.2) is 11.4 Å². The summed E-state index contributed by atoms with van der Waals surface area (Å²) in [5, 5.41) is 2.15. The Kier molecular flexibility index (Phi) is 4.36. The Labute approximate surface area is 131 Å². The van der Waals surface area contributed by atoms with Gasteiger partial charge in [-0.15, -0.1) is 11.3 Å². The van der Waals surface area contributed by atoms with Crippen molar-refractivity contribution in [1.82, 2.24) is 9.80 Å². The molecule has 1 amide bonds. The van der Waals surface area contributed by atoms with Crippen LogP contribution in [-0.2, 0) is 4.79 Å². The molecule has 3 nitrogen and oxygen atoms in total. The van der Waals surface area contributed by atoms with E-state index in [2.05, 4.69) is 42.0 Å². The predicted octanol–water partition coefficient (Wildman–Crippen LogP) is 3.10. The van der Waals surface area contributed by atoms with Crippen molar-refractivity contribution in [2.45, 2.75) is 45.6 Å². The zero-order chi connectivity index (χ0) is 15.0. The van der Waals surface area contributed by atoms with E-state index in [-0.39, 0.29) is 5.92 Å². The Morgan fingerprint density at radius 3 is 2.81 bits per heavy atom. The van der Waals surface area contributed by atoms with E-state index in [0.717, 1.165) is 39.0 Å². The van der Waals surface area contributed by atoms with Gasteiger partial charge in [-0.1, -0.05) is 13.8 Å². The Hall–Kier alpha value is -0.870. The van der Waals surface area contributed by atoms with E-state index < -0.39 is 0 Å². The lowest BCUT2D eigenvalue weighted by molar-refractivity contribution is -0.131. The Morgan fingerprint density at radius 2 is 2.19 bits per heavy atom. The smallest absolute Gasteiger partial charge is 0.226 e. The van der Waals surface area contributed by atoms with Gasteiger partial charge in [-0.05, 0) is 49.9 Å². The topological polar surface area (TPSA) is 23.6 Å². The minimum absolute atomic E-state index is 0.262. The number of hydrogen-bond acceptors (Lipinski definition) is 3. The van der Waals surface area contributed by atoms with Gasteiger partial charge in [0, 0.05) is 35.8 Å². The second-order valence-corrected chi connectivity index (χ2v) is 7.31. The first-order valence-corrected chi connectivity index (χ1v) is 9.10. The highest BCUT2D eigenvalue weighted by atomic mass is 32.1. The zero-order valence-electron chi connectivity index (χ0n) is 13.3. The highest BCUT2D eigenvalue weighted by Gasteiger charge is 2.48. The number of thiophene rings is 1. The van der Waals surface area contributed by atoms with Gasteiger partial charge in [0.05, 0.1) is 0 Å². The maximum atomic E-state index is 12.7. The molecule has 21 heavy (non-hydrogen) atoms. The number of likely N-dealkylation sites (N-methyl/N-ethyl adjacent to an activating group) is 1. The molecule has 0 spiro atoms. The third kappa shape index (κ3) is 2.88. The van der Waals surface area contributed by atoms with E-state index in [0.29, 0.717) is 17.9 Å². The number of amides is 1. The summed E-state index contributed by atoms with van der Waals surface area (Å²) in [6, 6.07) is 2.75. The fraction of sp³-hybridized carbons (Fsp3) is 0.706. The molecule has 1 saturated carbocycles. The molecule has 1 aromatic heterocycles. The lowest BCUT2D eigenvalue weighted by atomic mass is 10.2. The molecule has 0 N–H and O–H groups in total. The van der Waals surface area contributed by atoms with Crippen molar-refractivity contribution < 1.29 is 4.79 Å². The van der Waals surface area contributed by atoms with Crippen molar-refractivity contribution in [1.29, 1.82) is 0 Å². The Morgan fingerprint density at radius 1 is 1.43 bits per heavy atom. The second-order valence-electron chi connectivity index (χ2n) is 6.36. The maximum Gasteiger partial charge on any atom is 0.226 e. The molecule has 0 aromatic carbocycles. The summed E-state index contributed by atoms with van der Waals surface area (Å²) < 4.78 is 0. The largest absolute Gasteiger partial charge is 0.341 e. The third-order valence-electron chi connectivity index (χ3n) is 5.15. The summed E-state index contributed by atoms with van der Waals surface area (Å²) in [5.74, 6) is 1.17. The molecule has 3 atom stereocenters. The van der Waals surface area contributed by atoms with E-state index in [1.54, 1.807) is 0 Å². The Balaban J connectivity index is 1.57. The molecule has 1 aromatic rings. The molecular formula is C17H26N2OS. The van der Waals surface area contributed by atoms with Crippen LogP contribution in [0.5, 0.6) is 0 Å². The van der Waals surface area contributed by atoms with E-state index >= 15 is 0 Å². The number of carbonyl (C=O) groups excluding carboxylic acids is 1. The fourth-order valence-electron chi connectivity index (χ4n) is 3.74. The van der Waals surface area contributed by atoms with Crippen LogP contribution in [-0.4, -0.2) is 47.9 Å². The van der Waals surface area contributed by atoms with Crippen LogP contribution < -0.4 is 0 Å². The molecule has 2 aliphatic rings. The first kappa shape index (κ1) is 15.0. The van der Waals surface area contributed by atoms with Gasteiger partial charge in [0.2, 0.25) is 5.91 Å². The lowest BCUT2D eigenvalue weighted by Crippen LogP contribution is -2.39. The minimum Gasteiger partial charge on any atom is -0.341 e. The summed E-state index contributed by atoms with van der Waals surface area (Å²) in [6.07, 6.45) is 2.20. The van der Waals surface area contributed by atoms with Crippen molar-refractivity contribution in [3.05, 3.63) is 21.9 Å². The van der Waals surface area contributed by atoms with Gasteiger partial charge in [0.15, 0.2) is 0 Å². The van der Waals surface area contributed by atoms with Crippen LogP contribution in [0.25, 0.3) is 0 Å². The Bertz CT molecular complexity index is 509. The molecule has 3 unspecified atom stereocenters. The van der Waals surface area contributed by atoms with E-state index in [9.17, 15) is 4.79 Å². The van der Waals surface area contributed by atoms with Crippen LogP contribution in [0.2, 0.25) is 0 Å². The SMILES string of the molecule is CCN(CC)C1CCN(C(=O)C2CC2c2sccc2C)C1. The monoisotopic (exact) mass is 306 g/mol. The normalized spacial score (nSPS) is 28.4. The van der Waals surface area contributed by atoms with Crippen molar-refractivity contribution in [2.75, 3.05) is 26.2 Å². The molecule has 3 rings (SSSR count). The number of rotatable bonds is 5. The van der Waals surface area contributed by atoms with Gasteiger partial charge in [0.25, 0.3) is 0 Å². The van der Waals surface area contributed by atoms with Gasteiger partial charge in [0.1, 0.15) is 0 Å². The molecule has 0 bridgehead atoms.